The van der Waals surface area contributed by atoms with Gasteiger partial charge in [-0.2, -0.15) is 8.42 Å². The first-order chi connectivity index (χ1) is 7.80. The van der Waals surface area contributed by atoms with E-state index in [0.717, 1.165) is 17.4 Å². The molecule has 1 aromatic carbocycles. The number of rotatable bonds is 4. The van der Waals surface area contributed by atoms with Crippen LogP contribution < -0.4 is 4.18 Å². The molecule has 0 amide bonds. The normalized spacial score (nSPS) is 11.6. The molecule has 0 saturated heterocycles. The van der Waals surface area contributed by atoms with Crippen molar-refractivity contribution in [2.45, 2.75) is 27.1 Å². The molecule has 0 bridgehead atoms. The van der Waals surface area contributed by atoms with E-state index in [1.807, 2.05) is 0 Å². The van der Waals surface area contributed by atoms with Crippen LogP contribution in [-0.2, 0) is 23.3 Å². The Labute approximate surface area is 101 Å². The Kier molecular flexibility index (Phi) is 4.13. The number of hydrogen-bond acceptors (Lipinski definition) is 5. The maximum atomic E-state index is 11.1. The third kappa shape index (κ3) is 3.18. The van der Waals surface area contributed by atoms with Crippen molar-refractivity contribution in [3.05, 3.63) is 28.3 Å². The second kappa shape index (κ2) is 5.03. The summed E-state index contributed by atoms with van der Waals surface area (Å²) in [5.41, 5.74) is 2.43. The maximum absolute atomic E-state index is 11.1. The lowest BCUT2D eigenvalue weighted by Gasteiger charge is -2.16. The highest BCUT2D eigenvalue weighted by molar-refractivity contribution is 7.86. The fourth-order valence-electron chi connectivity index (χ4n) is 1.63. The molecule has 0 aromatic heterocycles. The SMILES string of the molecule is Cc1cc(OS(C)(=O)=O)c(CO)c(CO)c1C. The summed E-state index contributed by atoms with van der Waals surface area (Å²) in [6.07, 6.45) is 0.933. The van der Waals surface area contributed by atoms with E-state index in [9.17, 15) is 18.6 Å². The molecule has 0 radical (unpaired) electrons. The molecule has 0 spiro atoms. The van der Waals surface area contributed by atoms with Crippen LogP contribution in [0, 0.1) is 13.8 Å². The number of aliphatic hydroxyl groups excluding tert-OH is 2. The van der Waals surface area contributed by atoms with Crippen molar-refractivity contribution in [2.24, 2.45) is 0 Å². The van der Waals surface area contributed by atoms with Crippen molar-refractivity contribution in [1.82, 2.24) is 0 Å². The van der Waals surface area contributed by atoms with Crippen LogP contribution in [0.3, 0.4) is 0 Å². The van der Waals surface area contributed by atoms with Crippen LogP contribution in [0.2, 0.25) is 0 Å². The van der Waals surface area contributed by atoms with E-state index in [-0.39, 0.29) is 19.0 Å². The lowest BCUT2D eigenvalue weighted by Crippen LogP contribution is -2.10. The minimum atomic E-state index is -3.66. The van der Waals surface area contributed by atoms with E-state index < -0.39 is 10.1 Å². The molecule has 0 heterocycles. The Morgan fingerprint density at radius 3 is 2.12 bits per heavy atom. The van der Waals surface area contributed by atoms with E-state index in [2.05, 4.69) is 0 Å². The topological polar surface area (TPSA) is 83.8 Å². The van der Waals surface area contributed by atoms with Crippen molar-refractivity contribution in [3.63, 3.8) is 0 Å². The summed E-state index contributed by atoms with van der Waals surface area (Å²) in [7, 11) is -3.66. The molecule has 0 unspecified atom stereocenters. The van der Waals surface area contributed by atoms with Gasteiger partial charge in [0, 0.05) is 5.56 Å². The minimum Gasteiger partial charge on any atom is -0.392 e. The first-order valence-electron chi connectivity index (χ1n) is 5.03. The molecule has 5 nitrogen and oxygen atoms in total. The van der Waals surface area contributed by atoms with Crippen molar-refractivity contribution < 1.29 is 22.8 Å². The van der Waals surface area contributed by atoms with Crippen LogP contribution >= 0.6 is 0 Å². The minimum absolute atomic E-state index is 0.0714. The molecule has 0 atom stereocenters. The highest BCUT2D eigenvalue weighted by Gasteiger charge is 2.16. The van der Waals surface area contributed by atoms with Crippen LogP contribution in [-0.4, -0.2) is 24.9 Å². The van der Waals surface area contributed by atoms with Gasteiger partial charge in [0.2, 0.25) is 0 Å². The highest BCUT2D eigenvalue weighted by Crippen LogP contribution is 2.29. The number of hydrogen-bond donors (Lipinski definition) is 2. The largest absolute Gasteiger partial charge is 0.392 e. The maximum Gasteiger partial charge on any atom is 0.306 e. The summed E-state index contributed by atoms with van der Waals surface area (Å²) in [5, 5.41) is 18.5. The predicted octanol–water partition coefficient (Wildman–Crippen LogP) is 0.626. The first-order valence-corrected chi connectivity index (χ1v) is 6.85. The van der Waals surface area contributed by atoms with Gasteiger partial charge in [-0.1, -0.05) is 0 Å². The molecule has 1 rings (SSSR count). The van der Waals surface area contributed by atoms with Crippen LogP contribution in [0.4, 0.5) is 0 Å². The lowest BCUT2D eigenvalue weighted by molar-refractivity contribution is 0.256. The molecule has 0 saturated carbocycles. The predicted molar refractivity (Wildman–Crippen MR) is 63.2 cm³/mol. The zero-order valence-electron chi connectivity index (χ0n) is 10.0. The standard InChI is InChI=1S/C11H16O5S/c1-7-4-11(16-17(3,14)15)10(6-13)9(5-12)8(7)2/h4,12-13H,5-6H2,1-3H3. The number of aliphatic hydroxyl groups is 2. The fraction of sp³-hybridized carbons (Fsp3) is 0.455. The van der Waals surface area contributed by atoms with Gasteiger partial charge in [-0.05, 0) is 36.6 Å². The van der Waals surface area contributed by atoms with E-state index in [1.165, 1.54) is 0 Å². The highest BCUT2D eigenvalue weighted by atomic mass is 32.2. The third-order valence-electron chi connectivity index (χ3n) is 2.61. The quantitative estimate of drug-likeness (QED) is 0.776. The average molecular weight is 260 g/mol. The van der Waals surface area contributed by atoms with E-state index in [0.29, 0.717) is 11.1 Å². The molecule has 0 aliphatic heterocycles. The van der Waals surface area contributed by atoms with Crippen molar-refractivity contribution in [1.29, 1.82) is 0 Å². The Bertz CT molecular complexity index is 519. The van der Waals surface area contributed by atoms with Crippen LogP contribution in [0.25, 0.3) is 0 Å². The van der Waals surface area contributed by atoms with Gasteiger partial charge in [-0.3, -0.25) is 0 Å². The lowest BCUT2D eigenvalue weighted by atomic mass is 9.97. The molecule has 6 heteroatoms. The molecule has 0 fully saturated rings. The summed E-state index contributed by atoms with van der Waals surface area (Å²) in [6.45, 7) is 2.92. The van der Waals surface area contributed by atoms with Gasteiger partial charge in [0.15, 0.2) is 0 Å². The fourth-order valence-corrected chi connectivity index (χ4v) is 2.10. The van der Waals surface area contributed by atoms with Gasteiger partial charge >= 0.3 is 10.1 Å². The second-order valence-corrected chi connectivity index (χ2v) is 5.45. The summed E-state index contributed by atoms with van der Waals surface area (Å²) in [6, 6.07) is 1.54. The van der Waals surface area contributed by atoms with E-state index >= 15 is 0 Å². The van der Waals surface area contributed by atoms with E-state index in [1.54, 1.807) is 19.9 Å². The molecule has 17 heavy (non-hydrogen) atoms. The Hall–Kier alpha value is -1.11. The Morgan fingerprint density at radius 2 is 1.71 bits per heavy atom. The van der Waals surface area contributed by atoms with Crippen LogP contribution in [0.5, 0.6) is 5.75 Å². The van der Waals surface area contributed by atoms with Gasteiger partial charge in [0.05, 0.1) is 19.5 Å². The number of aryl methyl sites for hydroxylation is 1. The molecule has 96 valence electrons. The van der Waals surface area contributed by atoms with Gasteiger partial charge in [-0.25, -0.2) is 0 Å². The molecule has 0 aliphatic rings. The summed E-state index contributed by atoms with van der Waals surface area (Å²) in [4.78, 5) is 0. The number of benzene rings is 1. The molecule has 2 N–H and O–H groups in total. The van der Waals surface area contributed by atoms with E-state index in [4.69, 9.17) is 4.18 Å². The van der Waals surface area contributed by atoms with Gasteiger partial charge in [-0.15, -0.1) is 0 Å². The Balaban J connectivity index is 3.45. The zero-order chi connectivity index (χ0) is 13.2. The van der Waals surface area contributed by atoms with Crippen molar-refractivity contribution in [3.8, 4) is 5.75 Å². The van der Waals surface area contributed by atoms with Crippen LogP contribution in [0.15, 0.2) is 6.07 Å². The van der Waals surface area contributed by atoms with Crippen LogP contribution in [0.1, 0.15) is 22.3 Å². The first kappa shape index (κ1) is 14.0. The summed E-state index contributed by atoms with van der Waals surface area (Å²) in [5.74, 6) is 0.0714. The molecule has 1 aromatic rings. The summed E-state index contributed by atoms with van der Waals surface area (Å²) < 4.78 is 27.0. The van der Waals surface area contributed by atoms with Crippen molar-refractivity contribution >= 4 is 10.1 Å². The third-order valence-corrected chi connectivity index (χ3v) is 3.09. The van der Waals surface area contributed by atoms with Gasteiger partial charge in [0.1, 0.15) is 5.75 Å². The molecular weight excluding hydrogens is 244 g/mol. The second-order valence-electron chi connectivity index (χ2n) is 3.88. The smallest absolute Gasteiger partial charge is 0.306 e. The van der Waals surface area contributed by atoms with Crippen molar-refractivity contribution in [2.75, 3.05) is 6.26 Å². The Morgan fingerprint density at radius 1 is 1.18 bits per heavy atom. The van der Waals surface area contributed by atoms with Gasteiger partial charge in [0.25, 0.3) is 0 Å². The monoisotopic (exact) mass is 260 g/mol. The molecule has 0 aliphatic carbocycles. The zero-order valence-corrected chi connectivity index (χ0v) is 10.8. The average Bonchev–Trinajstić information content (AvgIpc) is 2.20. The summed E-state index contributed by atoms with van der Waals surface area (Å²) >= 11 is 0. The van der Waals surface area contributed by atoms with Gasteiger partial charge < -0.3 is 14.4 Å². The molecular formula is C11H16O5S.